The number of fused-ring (bicyclic) bond motifs is 1. The minimum absolute atomic E-state index is 0.392. The number of hydrogen-bond donors (Lipinski definition) is 2. The van der Waals surface area contributed by atoms with Crippen molar-refractivity contribution in [1.82, 2.24) is 4.98 Å². The molecule has 3 N–H and O–H groups in total. The summed E-state index contributed by atoms with van der Waals surface area (Å²) in [4.78, 5) is 4.38. The van der Waals surface area contributed by atoms with Crippen molar-refractivity contribution >= 4 is 39.0 Å². The minimum atomic E-state index is 0.392. The Morgan fingerprint density at radius 3 is 3.05 bits per heavy atom. The van der Waals surface area contributed by atoms with Crippen LogP contribution in [0.25, 0.3) is 0 Å². The molecule has 1 unspecified atom stereocenters. The highest BCUT2D eigenvalue weighted by Crippen LogP contribution is 2.35. The van der Waals surface area contributed by atoms with Gasteiger partial charge in [0.25, 0.3) is 0 Å². The van der Waals surface area contributed by atoms with E-state index in [1.165, 1.54) is 5.56 Å². The van der Waals surface area contributed by atoms with Crippen LogP contribution >= 0.6 is 27.5 Å². The van der Waals surface area contributed by atoms with E-state index in [0.717, 1.165) is 34.5 Å². The van der Waals surface area contributed by atoms with Gasteiger partial charge in [-0.25, -0.2) is 4.98 Å². The van der Waals surface area contributed by atoms with Crippen molar-refractivity contribution in [2.45, 2.75) is 12.3 Å². The van der Waals surface area contributed by atoms with Gasteiger partial charge in [-0.05, 0) is 46.1 Å². The van der Waals surface area contributed by atoms with E-state index in [0.29, 0.717) is 10.9 Å². The number of hydrogen-bond acceptors (Lipinski definition) is 3. The third-order valence-electron chi connectivity index (χ3n) is 3.41. The molecule has 1 aliphatic heterocycles. The van der Waals surface area contributed by atoms with Crippen LogP contribution in [0.5, 0.6) is 0 Å². The Hall–Kier alpha value is -1.26. The zero-order chi connectivity index (χ0) is 13.4. The van der Waals surface area contributed by atoms with Crippen LogP contribution in [-0.2, 0) is 6.42 Å². The van der Waals surface area contributed by atoms with E-state index in [2.05, 4.69) is 32.3 Å². The number of pyridine rings is 1. The molecule has 3 rings (SSSR count). The van der Waals surface area contributed by atoms with Crippen molar-refractivity contribution < 1.29 is 0 Å². The number of rotatable bonds is 2. The summed E-state index contributed by atoms with van der Waals surface area (Å²) in [5.74, 6) is 1.37. The Bertz CT molecular complexity index is 630. The van der Waals surface area contributed by atoms with E-state index in [-0.39, 0.29) is 0 Å². The first-order chi connectivity index (χ1) is 9.13. The number of nitrogens with two attached hydrogens (primary N) is 1. The fourth-order valence-electron chi connectivity index (χ4n) is 2.44. The monoisotopic (exact) mass is 337 g/mol. The van der Waals surface area contributed by atoms with Crippen molar-refractivity contribution in [3.8, 4) is 0 Å². The third-order valence-corrected chi connectivity index (χ3v) is 4.08. The smallest absolute Gasteiger partial charge is 0.129 e. The molecule has 0 amide bonds. The highest BCUT2D eigenvalue weighted by Gasteiger charge is 2.24. The maximum absolute atomic E-state index is 6.02. The largest absolute Gasteiger partial charge is 0.398 e. The van der Waals surface area contributed by atoms with E-state index in [1.807, 2.05) is 18.3 Å². The van der Waals surface area contributed by atoms with E-state index in [4.69, 9.17) is 17.3 Å². The van der Waals surface area contributed by atoms with Crippen LogP contribution in [0.2, 0.25) is 5.02 Å². The highest BCUT2D eigenvalue weighted by atomic mass is 79.9. The number of nitrogens with one attached hydrogen (secondary N) is 1. The molecule has 1 aromatic heterocycles. The molecule has 19 heavy (non-hydrogen) atoms. The number of anilines is 2. The summed E-state index contributed by atoms with van der Waals surface area (Å²) in [5.41, 5.74) is 9.14. The van der Waals surface area contributed by atoms with E-state index in [9.17, 15) is 0 Å². The molecule has 2 aromatic rings. The first-order valence-corrected chi connectivity index (χ1v) is 7.24. The minimum Gasteiger partial charge on any atom is -0.398 e. The lowest BCUT2D eigenvalue weighted by Gasteiger charge is -2.12. The number of benzene rings is 1. The highest BCUT2D eigenvalue weighted by molar-refractivity contribution is 9.10. The van der Waals surface area contributed by atoms with Crippen LogP contribution < -0.4 is 11.1 Å². The van der Waals surface area contributed by atoms with E-state index >= 15 is 0 Å². The molecule has 1 aliphatic rings. The molecular formula is C14H13BrClN3. The predicted octanol–water partition coefficient (Wildman–Crippen LogP) is 3.83. The SMILES string of the molecule is Nc1cc(Cl)ccc1CC1CNc2ncc(Br)cc21. The molecule has 0 radical (unpaired) electrons. The van der Waals surface area contributed by atoms with Crippen molar-refractivity contribution in [2.75, 3.05) is 17.6 Å². The molecule has 0 bridgehead atoms. The molecule has 0 aliphatic carbocycles. The molecule has 1 atom stereocenters. The molecule has 2 heterocycles. The predicted molar refractivity (Wildman–Crippen MR) is 82.7 cm³/mol. The molecule has 5 heteroatoms. The van der Waals surface area contributed by atoms with E-state index in [1.54, 1.807) is 6.07 Å². The molecule has 3 nitrogen and oxygen atoms in total. The molecule has 1 aromatic carbocycles. The molecule has 0 spiro atoms. The van der Waals surface area contributed by atoms with E-state index < -0.39 is 0 Å². The van der Waals surface area contributed by atoms with Crippen molar-refractivity contribution in [2.24, 2.45) is 0 Å². The van der Waals surface area contributed by atoms with Gasteiger partial charge in [0.1, 0.15) is 5.82 Å². The average Bonchev–Trinajstić information content (AvgIpc) is 2.75. The summed E-state index contributed by atoms with van der Waals surface area (Å²) in [6.07, 6.45) is 2.70. The Kier molecular flexibility index (Phi) is 3.37. The van der Waals surface area contributed by atoms with Gasteiger partial charge in [-0.15, -0.1) is 0 Å². The first kappa shape index (κ1) is 12.8. The first-order valence-electron chi connectivity index (χ1n) is 6.06. The van der Waals surface area contributed by atoms with Gasteiger partial charge in [-0.3, -0.25) is 0 Å². The zero-order valence-electron chi connectivity index (χ0n) is 10.2. The van der Waals surface area contributed by atoms with Crippen molar-refractivity contribution in [3.05, 3.63) is 51.1 Å². The lowest BCUT2D eigenvalue weighted by molar-refractivity contribution is 0.753. The second-order valence-electron chi connectivity index (χ2n) is 4.72. The number of nitrogen functional groups attached to an aromatic ring is 1. The van der Waals surface area contributed by atoms with Gasteiger partial charge in [-0.2, -0.15) is 0 Å². The maximum Gasteiger partial charge on any atom is 0.129 e. The number of nitrogens with zero attached hydrogens (tertiary/aromatic N) is 1. The zero-order valence-corrected chi connectivity index (χ0v) is 12.5. The fraction of sp³-hybridized carbons (Fsp3) is 0.214. The summed E-state index contributed by atoms with van der Waals surface area (Å²) >= 11 is 9.40. The van der Waals surface area contributed by atoms with Gasteiger partial charge < -0.3 is 11.1 Å². The van der Waals surface area contributed by atoms with Gasteiger partial charge in [-0.1, -0.05) is 17.7 Å². The average molecular weight is 339 g/mol. The molecular weight excluding hydrogens is 326 g/mol. The van der Waals surface area contributed by atoms with Gasteiger partial charge >= 0.3 is 0 Å². The molecule has 0 fully saturated rings. The van der Waals surface area contributed by atoms with Crippen molar-refractivity contribution in [3.63, 3.8) is 0 Å². The maximum atomic E-state index is 6.02. The summed E-state index contributed by atoms with van der Waals surface area (Å²) in [6, 6.07) is 7.81. The quantitative estimate of drug-likeness (QED) is 0.818. The van der Waals surface area contributed by atoms with Crippen LogP contribution in [0.3, 0.4) is 0 Å². The standard InChI is InChI=1S/C14H13BrClN3/c15-10-4-12-9(6-18-14(12)19-7-10)3-8-1-2-11(16)5-13(8)17/h1-2,4-5,7,9H,3,6,17H2,(H,18,19). The Labute approximate surface area is 125 Å². The second-order valence-corrected chi connectivity index (χ2v) is 6.07. The summed E-state index contributed by atoms with van der Waals surface area (Å²) < 4.78 is 1.00. The van der Waals surface area contributed by atoms with Crippen LogP contribution in [0.4, 0.5) is 11.5 Å². The van der Waals surface area contributed by atoms with Crippen LogP contribution in [-0.4, -0.2) is 11.5 Å². The molecule has 98 valence electrons. The normalized spacial score (nSPS) is 17.1. The summed E-state index contributed by atoms with van der Waals surface area (Å²) in [7, 11) is 0. The summed E-state index contributed by atoms with van der Waals surface area (Å²) in [6.45, 7) is 0.890. The lowest BCUT2D eigenvalue weighted by Crippen LogP contribution is -2.07. The molecule has 0 saturated carbocycles. The van der Waals surface area contributed by atoms with Gasteiger partial charge in [0.15, 0.2) is 0 Å². The Balaban J connectivity index is 1.88. The second kappa shape index (κ2) is 5.02. The van der Waals surface area contributed by atoms with Crippen LogP contribution in [0.15, 0.2) is 34.9 Å². The third kappa shape index (κ3) is 2.55. The van der Waals surface area contributed by atoms with Gasteiger partial charge in [0.05, 0.1) is 0 Å². The van der Waals surface area contributed by atoms with Crippen LogP contribution in [0, 0.1) is 0 Å². The Morgan fingerprint density at radius 2 is 2.26 bits per heavy atom. The number of halogens is 2. The topological polar surface area (TPSA) is 50.9 Å². The van der Waals surface area contributed by atoms with Gasteiger partial charge in [0.2, 0.25) is 0 Å². The Morgan fingerprint density at radius 1 is 1.42 bits per heavy atom. The van der Waals surface area contributed by atoms with Crippen LogP contribution in [0.1, 0.15) is 17.0 Å². The summed E-state index contributed by atoms with van der Waals surface area (Å²) in [5, 5.41) is 4.01. The van der Waals surface area contributed by atoms with Crippen molar-refractivity contribution in [1.29, 1.82) is 0 Å². The molecule has 0 saturated heterocycles. The number of aromatic nitrogens is 1. The van der Waals surface area contributed by atoms with Gasteiger partial charge in [0, 0.05) is 39.4 Å². The lowest BCUT2D eigenvalue weighted by atomic mass is 9.94. The fourth-order valence-corrected chi connectivity index (χ4v) is 2.97.